The highest BCUT2D eigenvalue weighted by atomic mass is 35.5. The Morgan fingerprint density at radius 2 is 1.87 bits per heavy atom. The molecule has 1 atom stereocenters. The van der Waals surface area contributed by atoms with Crippen LogP contribution in [0.5, 0.6) is 0 Å². The summed E-state index contributed by atoms with van der Waals surface area (Å²) in [6.45, 7) is 5.78. The van der Waals surface area contributed by atoms with Gasteiger partial charge in [-0.25, -0.2) is 9.50 Å². The van der Waals surface area contributed by atoms with E-state index < -0.39 is 0 Å². The Morgan fingerprint density at radius 1 is 1.13 bits per heavy atom. The minimum Gasteiger partial charge on any atom is -0.381 e. The van der Waals surface area contributed by atoms with Gasteiger partial charge in [-0.05, 0) is 62.8 Å². The molecule has 0 saturated carbocycles. The molecule has 2 aliphatic heterocycles. The third-order valence-electron chi connectivity index (χ3n) is 6.35. The van der Waals surface area contributed by atoms with Crippen LogP contribution in [0, 0.1) is 5.92 Å². The minimum absolute atomic E-state index is 0.177. The van der Waals surface area contributed by atoms with E-state index in [1.165, 1.54) is 0 Å². The molecule has 1 unspecified atom stereocenters. The minimum atomic E-state index is -0.348. The van der Waals surface area contributed by atoms with E-state index in [1.54, 1.807) is 0 Å². The molecular formula is C23H26ClN3O3. The molecule has 2 fully saturated rings. The van der Waals surface area contributed by atoms with Crippen molar-refractivity contribution in [3.8, 4) is 11.1 Å². The molecule has 0 aliphatic carbocycles. The van der Waals surface area contributed by atoms with Crippen LogP contribution in [0.4, 0.5) is 0 Å². The molecule has 4 heterocycles. The summed E-state index contributed by atoms with van der Waals surface area (Å²) in [4.78, 5) is 4.64. The van der Waals surface area contributed by atoms with Gasteiger partial charge in [-0.2, -0.15) is 5.10 Å². The smallest absolute Gasteiger partial charge is 0.174 e. The fourth-order valence-corrected chi connectivity index (χ4v) is 4.81. The van der Waals surface area contributed by atoms with E-state index in [0.717, 1.165) is 54.9 Å². The molecule has 0 radical (unpaired) electrons. The van der Waals surface area contributed by atoms with Gasteiger partial charge in [-0.1, -0.05) is 23.7 Å². The zero-order chi connectivity index (χ0) is 20.7. The van der Waals surface area contributed by atoms with Gasteiger partial charge in [0.05, 0.1) is 17.3 Å². The van der Waals surface area contributed by atoms with Crippen molar-refractivity contribution in [1.82, 2.24) is 14.6 Å². The first-order valence-electron chi connectivity index (χ1n) is 10.5. The molecule has 30 heavy (non-hydrogen) atoms. The van der Waals surface area contributed by atoms with Crippen LogP contribution >= 0.6 is 11.6 Å². The van der Waals surface area contributed by atoms with Crippen molar-refractivity contribution in [3.05, 3.63) is 53.4 Å². The van der Waals surface area contributed by atoms with E-state index in [4.69, 9.17) is 30.9 Å². The maximum absolute atomic E-state index is 6.06. The normalized spacial score (nSPS) is 24.5. The molecule has 0 amide bonds. The second-order valence-electron chi connectivity index (χ2n) is 8.48. The van der Waals surface area contributed by atoms with Gasteiger partial charge in [-0.3, -0.25) is 0 Å². The third kappa shape index (κ3) is 3.52. The first-order valence-corrected chi connectivity index (χ1v) is 10.9. The van der Waals surface area contributed by atoms with Gasteiger partial charge in [0.15, 0.2) is 18.2 Å². The Bertz CT molecular complexity index is 1030. The Morgan fingerprint density at radius 3 is 2.57 bits per heavy atom. The Kier molecular flexibility index (Phi) is 5.27. The number of aromatic nitrogens is 3. The van der Waals surface area contributed by atoms with Crippen LogP contribution in [0.25, 0.3) is 16.8 Å². The van der Waals surface area contributed by atoms with E-state index in [0.29, 0.717) is 10.9 Å². The molecule has 1 aromatic carbocycles. The SMILES string of the molecule is CC1OC(C(C)(CC2CCOCC2)c2ccnc3c(-c4ccc(Cl)cc4)cnn23)O1. The van der Waals surface area contributed by atoms with E-state index >= 15 is 0 Å². The first-order chi connectivity index (χ1) is 14.5. The van der Waals surface area contributed by atoms with E-state index in [1.807, 2.05) is 54.2 Å². The molecule has 0 spiro atoms. The number of ether oxygens (including phenoxy) is 3. The molecule has 158 valence electrons. The fourth-order valence-electron chi connectivity index (χ4n) is 4.69. The molecule has 5 rings (SSSR count). The summed E-state index contributed by atoms with van der Waals surface area (Å²) in [7, 11) is 0. The Balaban J connectivity index is 1.57. The monoisotopic (exact) mass is 427 g/mol. The molecule has 7 heteroatoms. The van der Waals surface area contributed by atoms with E-state index in [9.17, 15) is 0 Å². The quantitative estimate of drug-likeness (QED) is 0.583. The van der Waals surface area contributed by atoms with Crippen LogP contribution in [0.1, 0.15) is 38.8 Å². The number of hydrogen-bond donors (Lipinski definition) is 0. The highest BCUT2D eigenvalue weighted by Crippen LogP contribution is 2.43. The second-order valence-corrected chi connectivity index (χ2v) is 8.92. The molecule has 0 N–H and O–H groups in total. The van der Waals surface area contributed by atoms with Gasteiger partial charge in [0.25, 0.3) is 0 Å². The predicted molar refractivity (Wildman–Crippen MR) is 114 cm³/mol. The van der Waals surface area contributed by atoms with Crippen molar-refractivity contribution in [2.45, 2.75) is 51.1 Å². The molecule has 2 saturated heterocycles. The fraction of sp³-hybridized carbons (Fsp3) is 0.478. The van der Waals surface area contributed by atoms with E-state index in [-0.39, 0.29) is 18.0 Å². The van der Waals surface area contributed by atoms with Crippen molar-refractivity contribution in [1.29, 1.82) is 0 Å². The Labute approximate surface area is 181 Å². The van der Waals surface area contributed by atoms with Gasteiger partial charge in [0.2, 0.25) is 0 Å². The van der Waals surface area contributed by atoms with Gasteiger partial charge in [0, 0.05) is 30.0 Å². The number of nitrogens with zero attached hydrogens (tertiary/aromatic N) is 3. The van der Waals surface area contributed by atoms with Crippen molar-refractivity contribution >= 4 is 17.2 Å². The summed E-state index contributed by atoms with van der Waals surface area (Å²) in [5, 5.41) is 5.43. The molecule has 2 aliphatic rings. The zero-order valence-electron chi connectivity index (χ0n) is 17.3. The Hall–Kier alpha value is -1.99. The average Bonchev–Trinajstić information content (AvgIpc) is 3.17. The van der Waals surface area contributed by atoms with Gasteiger partial charge in [0.1, 0.15) is 0 Å². The lowest BCUT2D eigenvalue weighted by molar-refractivity contribution is -0.398. The summed E-state index contributed by atoms with van der Waals surface area (Å²) >= 11 is 6.06. The summed E-state index contributed by atoms with van der Waals surface area (Å²) < 4.78 is 19.6. The van der Waals surface area contributed by atoms with Gasteiger partial charge >= 0.3 is 0 Å². The summed E-state index contributed by atoms with van der Waals surface area (Å²) in [6.07, 6.45) is 6.31. The van der Waals surface area contributed by atoms with Crippen LogP contribution < -0.4 is 0 Å². The molecule has 3 aromatic rings. The lowest BCUT2D eigenvalue weighted by atomic mass is 9.74. The molecule has 2 aromatic heterocycles. The largest absolute Gasteiger partial charge is 0.381 e. The first kappa shape index (κ1) is 19.9. The zero-order valence-corrected chi connectivity index (χ0v) is 18.0. The van der Waals surface area contributed by atoms with Crippen molar-refractivity contribution < 1.29 is 14.2 Å². The van der Waals surface area contributed by atoms with E-state index in [2.05, 4.69) is 11.9 Å². The maximum Gasteiger partial charge on any atom is 0.174 e. The van der Waals surface area contributed by atoms with Crippen LogP contribution in [-0.4, -0.2) is 40.4 Å². The van der Waals surface area contributed by atoms with Crippen LogP contribution in [0.2, 0.25) is 5.02 Å². The van der Waals surface area contributed by atoms with Crippen molar-refractivity contribution in [3.63, 3.8) is 0 Å². The summed E-state index contributed by atoms with van der Waals surface area (Å²) in [6, 6.07) is 9.80. The number of hydrogen-bond acceptors (Lipinski definition) is 5. The third-order valence-corrected chi connectivity index (χ3v) is 6.60. The van der Waals surface area contributed by atoms with Crippen LogP contribution in [-0.2, 0) is 19.6 Å². The highest BCUT2D eigenvalue weighted by molar-refractivity contribution is 6.30. The maximum atomic E-state index is 6.06. The lowest BCUT2D eigenvalue weighted by Crippen LogP contribution is -2.53. The van der Waals surface area contributed by atoms with Crippen molar-refractivity contribution in [2.75, 3.05) is 13.2 Å². The average molecular weight is 428 g/mol. The molecule has 6 nitrogen and oxygen atoms in total. The number of rotatable bonds is 5. The highest BCUT2D eigenvalue weighted by Gasteiger charge is 2.48. The lowest BCUT2D eigenvalue weighted by Gasteiger charge is -2.47. The standard InChI is InChI=1S/C23H26ClN3O3/c1-15-29-22(30-15)23(2,13-16-8-11-28-12-9-16)20-7-10-25-21-19(14-26-27(20)21)17-3-5-18(24)6-4-17/h3-7,10,14-16,22H,8-9,11-13H2,1-2H3. The molecular weight excluding hydrogens is 402 g/mol. The van der Waals surface area contributed by atoms with Gasteiger partial charge in [-0.15, -0.1) is 0 Å². The summed E-state index contributed by atoms with van der Waals surface area (Å²) in [5.74, 6) is 0.557. The molecule has 0 bridgehead atoms. The van der Waals surface area contributed by atoms with Gasteiger partial charge < -0.3 is 14.2 Å². The number of benzene rings is 1. The number of fused-ring (bicyclic) bond motifs is 1. The summed E-state index contributed by atoms with van der Waals surface area (Å²) in [5.41, 5.74) is 3.54. The topological polar surface area (TPSA) is 57.9 Å². The predicted octanol–water partition coefficient (Wildman–Crippen LogP) is 4.84. The second kappa shape index (κ2) is 7.93. The van der Waals surface area contributed by atoms with Crippen LogP contribution in [0.15, 0.2) is 42.7 Å². The van der Waals surface area contributed by atoms with Crippen LogP contribution in [0.3, 0.4) is 0 Å². The van der Waals surface area contributed by atoms with Crippen molar-refractivity contribution in [2.24, 2.45) is 5.92 Å². The number of halogens is 1.